The van der Waals surface area contributed by atoms with Gasteiger partial charge in [0.05, 0.1) is 22.8 Å². The zero-order valence-corrected chi connectivity index (χ0v) is 15.1. The normalized spacial score (nSPS) is 11.5. The number of benzene rings is 2. The Labute approximate surface area is 150 Å². The van der Waals surface area contributed by atoms with Crippen molar-refractivity contribution in [2.75, 3.05) is 4.72 Å². The highest BCUT2D eigenvalue weighted by atomic mass is 35.5. The molecule has 1 aromatic heterocycles. The van der Waals surface area contributed by atoms with E-state index in [-0.39, 0.29) is 10.7 Å². The summed E-state index contributed by atoms with van der Waals surface area (Å²) >= 11 is 5.90. The van der Waals surface area contributed by atoms with E-state index in [4.69, 9.17) is 11.6 Å². The van der Waals surface area contributed by atoms with Crippen molar-refractivity contribution in [2.45, 2.75) is 18.7 Å². The first kappa shape index (κ1) is 17.4. The van der Waals surface area contributed by atoms with Gasteiger partial charge in [0, 0.05) is 5.02 Å². The minimum absolute atomic E-state index is 0.0804. The Bertz CT molecular complexity index is 1030. The van der Waals surface area contributed by atoms with Gasteiger partial charge in [-0.2, -0.15) is 5.10 Å². The summed E-state index contributed by atoms with van der Waals surface area (Å²) < 4.78 is 42.7. The van der Waals surface area contributed by atoms with Gasteiger partial charge in [0.25, 0.3) is 10.0 Å². The second-order valence-electron chi connectivity index (χ2n) is 5.50. The third kappa shape index (κ3) is 3.52. The van der Waals surface area contributed by atoms with Crippen LogP contribution in [0.4, 0.5) is 10.1 Å². The minimum atomic E-state index is -3.85. The van der Waals surface area contributed by atoms with Crippen molar-refractivity contribution in [1.29, 1.82) is 0 Å². The van der Waals surface area contributed by atoms with Crippen LogP contribution in [0.3, 0.4) is 0 Å². The van der Waals surface area contributed by atoms with Gasteiger partial charge in [-0.1, -0.05) is 17.7 Å². The average Bonchev–Trinajstić information content (AvgIpc) is 2.83. The standard InChI is InChI=1S/C17H15ClFN3O2S/c1-11-17(25(23,24)21-15-5-3-4-13(18)10-15)12(2)22(20-11)16-8-6-14(19)7-9-16/h3-10,21H,1-2H3. The summed E-state index contributed by atoms with van der Waals surface area (Å²) in [4.78, 5) is 0.0804. The van der Waals surface area contributed by atoms with E-state index >= 15 is 0 Å². The zero-order valence-electron chi connectivity index (χ0n) is 13.5. The van der Waals surface area contributed by atoms with Crippen molar-refractivity contribution in [2.24, 2.45) is 0 Å². The molecule has 0 saturated carbocycles. The van der Waals surface area contributed by atoms with Crippen LogP contribution in [0.25, 0.3) is 5.69 Å². The van der Waals surface area contributed by atoms with E-state index in [1.54, 1.807) is 32.0 Å². The molecule has 0 radical (unpaired) electrons. The highest BCUT2D eigenvalue weighted by Gasteiger charge is 2.25. The van der Waals surface area contributed by atoms with Crippen molar-refractivity contribution in [3.8, 4) is 5.69 Å². The van der Waals surface area contributed by atoms with Gasteiger partial charge in [-0.15, -0.1) is 0 Å². The summed E-state index contributed by atoms with van der Waals surface area (Å²) in [6, 6.07) is 12.1. The maximum absolute atomic E-state index is 13.1. The van der Waals surface area contributed by atoms with Gasteiger partial charge in [-0.3, -0.25) is 4.72 Å². The van der Waals surface area contributed by atoms with Crippen molar-refractivity contribution < 1.29 is 12.8 Å². The van der Waals surface area contributed by atoms with Crippen LogP contribution in [0, 0.1) is 19.7 Å². The minimum Gasteiger partial charge on any atom is -0.279 e. The topological polar surface area (TPSA) is 64.0 Å². The van der Waals surface area contributed by atoms with Crippen molar-refractivity contribution in [3.05, 3.63) is 70.8 Å². The van der Waals surface area contributed by atoms with Gasteiger partial charge < -0.3 is 0 Å². The largest absolute Gasteiger partial charge is 0.279 e. The summed E-state index contributed by atoms with van der Waals surface area (Å²) in [6.07, 6.45) is 0. The fourth-order valence-electron chi connectivity index (χ4n) is 2.61. The Morgan fingerprint density at radius 3 is 2.44 bits per heavy atom. The molecule has 0 spiro atoms. The number of anilines is 1. The molecule has 1 heterocycles. The number of nitrogens with zero attached hydrogens (tertiary/aromatic N) is 2. The second kappa shape index (κ2) is 6.50. The van der Waals surface area contributed by atoms with E-state index in [1.807, 2.05) is 0 Å². The van der Waals surface area contributed by atoms with Crippen LogP contribution in [0.2, 0.25) is 5.02 Å². The number of hydrogen-bond donors (Lipinski definition) is 1. The molecule has 3 aromatic rings. The summed E-state index contributed by atoms with van der Waals surface area (Å²) in [6.45, 7) is 3.26. The van der Waals surface area contributed by atoms with Crippen LogP contribution in [0.15, 0.2) is 53.4 Å². The third-order valence-corrected chi connectivity index (χ3v) is 5.51. The molecule has 0 aliphatic rings. The lowest BCUT2D eigenvalue weighted by molar-refractivity contribution is 0.600. The molecule has 0 fully saturated rings. The number of sulfonamides is 1. The van der Waals surface area contributed by atoms with E-state index < -0.39 is 10.0 Å². The number of nitrogens with one attached hydrogen (secondary N) is 1. The van der Waals surface area contributed by atoms with Crippen molar-refractivity contribution in [1.82, 2.24) is 9.78 Å². The van der Waals surface area contributed by atoms with E-state index in [2.05, 4.69) is 9.82 Å². The van der Waals surface area contributed by atoms with Crippen molar-refractivity contribution >= 4 is 27.3 Å². The lowest BCUT2D eigenvalue weighted by Gasteiger charge is -2.09. The van der Waals surface area contributed by atoms with Gasteiger partial charge >= 0.3 is 0 Å². The van der Waals surface area contributed by atoms with Crippen molar-refractivity contribution in [3.63, 3.8) is 0 Å². The monoisotopic (exact) mass is 379 g/mol. The molecule has 130 valence electrons. The first-order chi connectivity index (χ1) is 11.8. The molecule has 0 saturated heterocycles. The molecule has 3 rings (SSSR count). The molecule has 0 unspecified atom stereocenters. The molecule has 2 aromatic carbocycles. The Morgan fingerprint density at radius 1 is 1.12 bits per heavy atom. The molecule has 0 bridgehead atoms. The Kier molecular flexibility index (Phi) is 4.53. The van der Waals surface area contributed by atoms with E-state index in [0.29, 0.717) is 27.8 Å². The highest BCUT2D eigenvalue weighted by molar-refractivity contribution is 7.92. The number of halogens is 2. The predicted octanol–water partition coefficient (Wildman–Crippen LogP) is 4.08. The Balaban J connectivity index is 2.03. The molecule has 8 heteroatoms. The van der Waals surface area contributed by atoms with E-state index in [0.717, 1.165) is 0 Å². The van der Waals surface area contributed by atoms with Crippen LogP contribution in [0.5, 0.6) is 0 Å². The number of aryl methyl sites for hydroxylation is 1. The van der Waals surface area contributed by atoms with Gasteiger partial charge in [0.15, 0.2) is 0 Å². The first-order valence-corrected chi connectivity index (χ1v) is 9.24. The van der Waals surface area contributed by atoms with Gasteiger partial charge in [0.1, 0.15) is 10.7 Å². The molecular formula is C17H15ClFN3O2S. The van der Waals surface area contributed by atoms with E-state index in [9.17, 15) is 12.8 Å². The molecule has 0 aliphatic carbocycles. The quantitative estimate of drug-likeness (QED) is 0.742. The van der Waals surface area contributed by atoms with Gasteiger partial charge in [0.2, 0.25) is 0 Å². The molecule has 25 heavy (non-hydrogen) atoms. The second-order valence-corrected chi connectivity index (χ2v) is 7.56. The van der Waals surface area contributed by atoms with Crippen LogP contribution >= 0.6 is 11.6 Å². The molecule has 5 nitrogen and oxygen atoms in total. The Hall–Kier alpha value is -2.38. The summed E-state index contributed by atoms with van der Waals surface area (Å²) in [5.41, 5.74) is 1.71. The molecule has 1 N–H and O–H groups in total. The number of hydrogen-bond acceptors (Lipinski definition) is 3. The van der Waals surface area contributed by atoms with E-state index in [1.165, 1.54) is 35.0 Å². The highest BCUT2D eigenvalue weighted by Crippen LogP contribution is 2.25. The smallest absolute Gasteiger partial charge is 0.265 e. The van der Waals surface area contributed by atoms with Gasteiger partial charge in [-0.25, -0.2) is 17.5 Å². The third-order valence-electron chi connectivity index (χ3n) is 3.64. The molecular weight excluding hydrogens is 365 g/mol. The summed E-state index contributed by atoms with van der Waals surface area (Å²) in [5, 5.41) is 4.71. The zero-order chi connectivity index (χ0) is 18.2. The maximum atomic E-state index is 13.1. The molecule has 0 atom stereocenters. The Morgan fingerprint density at radius 2 is 1.80 bits per heavy atom. The van der Waals surface area contributed by atoms with Gasteiger partial charge in [-0.05, 0) is 56.3 Å². The summed E-state index contributed by atoms with van der Waals surface area (Å²) in [5.74, 6) is -0.374. The van der Waals surface area contributed by atoms with Crippen LogP contribution < -0.4 is 4.72 Å². The van der Waals surface area contributed by atoms with Crippen LogP contribution in [-0.2, 0) is 10.0 Å². The SMILES string of the molecule is Cc1nn(-c2ccc(F)cc2)c(C)c1S(=O)(=O)Nc1cccc(Cl)c1. The van der Waals surface area contributed by atoms with Crippen LogP contribution in [0.1, 0.15) is 11.4 Å². The predicted molar refractivity (Wildman–Crippen MR) is 95.3 cm³/mol. The number of aromatic nitrogens is 2. The molecule has 0 amide bonds. The lowest BCUT2D eigenvalue weighted by atomic mass is 10.3. The maximum Gasteiger partial charge on any atom is 0.265 e. The van der Waals surface area contributed by atoms with Crippen LogP contribution in [-0.4, -0.2) is 18.2 Å². The summed E-state index contributed by atoms with van der Waals surface area (Å²) in [7, 11) is -3.85. The lowest BCUT2D eigenvalue weighted by Crippen LogP contribution is -2.15. The molecule has 0 aliphatic heterocycles. The number of rotatable bonds is 4. The average molecular weight is 380 g/mol. The fraction of sp³-hybridized carbons (Fsp3) is 0.118. The first-order valence-electron chi connectivity index (χ1n) is 7.38. The fourth-order valence-corrected chi connectivity index (χ4v) is 4.24.